The van der Waals surface area contributed by atoms with Crippen LogP contribution in [0.5, 0.6) is 0 Å². The van der Waals surface area contributed by atoms with Gasteiger partial charge >= 0.3 is 11.9 Å². The maximum absolute atomic E-state index is 13.2. The van der Waals surface area contributed by atoms with Gasteiger partial charge in [0.05, 0.1) is 21.6 Å². The van der Waals surface area contributed by atoms with Gasteiger partial charge in [-0.2, -0.15) is 0 Å². The van der Waals surface area contributed by atoms with Crippen molar-refractivity contribution in [3.8, 4) is 22.3 Å². The van der Waals surface area contributed by atoms with Crippen molar-refractivity contribution < 1.29 is 28.6 Å². The summed E-state index contributed by atoms with van der Waals surface area (Å²) in [6.45, 7) is 0.490. The van der Waals surface area contributed by atoms with Crippen LogP contribution in [0.15, 0.2) is 137 Å². The van der Waals surface area contributed by atoms with Crippen molar-refractivity contribution in [2.45, 2.75) is 0 Å². The third kappa shape index (κ3) is 6.20. The van der Waals surface area contributed by atoms with Gasteiger partial charge in [-0.05, 0) is 71.8 Å². The summed E-state index contributed by atoms with van der Waals surface area (Å²) >= 11 is 0. The average molecular weight is 745 g/mol. The van der Waals surface area contributed by atoms with E-state index in [1.807, 2.05) is 0 Å². The van der Waals surface area contributed by atoms with E-state index in [9.17, 15) is 39.0 Å². The molecule has 0 saturated carbocycles. The largest absolute Gasteiger partial charge is 0.478 e. The average Bonchev–Trinajstić information content (AvgIpc) is 3.18. The molecule has 0 aliphatic rings. The maximum atomic E-state index is 13.2. The topological polar surface area (TPSA) is 193 Å². The van der Waals surface area contributed by atoms with Gasteiger partial charge in [0.15, 0.2) is 21.7 Å². The normalized spacial score (nSPS) is 12.1. The van der Waals surface area contributed by atoms with E-state index < -0.39 is 11.9 Å². The predicted molar refractivity (Wildman–Crippen MR) is 213 cm³/mol. The van der Waals surface area contributed by atoms with Crippen molar-refractivity contribution in [1.82, 2.24) is 10.6 Å². The molecule has 2 heterocycles. The van der Waals surface area contributed by atoms with Crippen molar-refractivity contribution in [3.05, 3.63) is 172 Å². The first-order chi connectivity index (χ1) is 27.1. The lowest BCUT2D eigenvalue weighted by Crippen LogP contribution is -2.31. The Bertz CT molecular complexity index is 3090. The highest BCUT2D eigenvalue weighted by molar-refractivity contribution is 6.13. The van der Waals surface area contributed by atoms with E-state index in [-0.39, 0.29) is 78.7 Å². The SMILES string of the molecule is O=C(O)c1ccccc1-c1c2ccc(=O)cc2oc2/c(=C/NCCN/C=c3\c(=O)ccc4c(-c5ccccc5C(=O)O)c5ccc(=O)cc5oc34)c(=O)ccc12. The number of fused-ring (bicyclic) bond motifs is 4. The Labute approximate surface area is 313 Å². The van der Waals surface area contributed by atoms with E-state index in [0.29, 0.717) is 43.8 Å². The molecule has 0 radical (unpaired) electrons. The zero-order valence-corrected chi connectivity index (χ0v) is 29.1. The molecule has 8 rings (SSSR count). The molecule has 6 aromatic carbocycles. The molecule has 0 aliphatic heterocycles. The van der Waals surface area contributed by atoms with Gasteiger partial charge in [0.1, 0.15) is 22.3 Å². The molecule has 0 fully saturated rings. The van der Waals surface area contributed by atoms with Gasteiger partial charge in [0.2, 0.25) is 0 Å². The Morgan fingerprint density at radius 3 is 1.32 bits per heavy atom. The van der Waals surface area contributed by atoms with Crippen LogP contribution in [0.25, 0.3) is 78.5 Å². The van der Waals surface area contributed by atoms with Gasteiger partial charge in [0, 0.05) is 70.3 Å². The fourth-order valence-corrected chi connectivity index (χ4v) is 7.00. The van der Waals surface area contributed by atoms with E-state index in [1.165, 1.54) is 60.9 Å². The number of carboxylic acid groups (broad SMARTS) is 2. The summed E-state index contributed by atoms with van der Waals surface area (Å²) in [5.41, 5.74) is 1.08. The maximum Gasteiger partial charge on any atom is 0.336 e. The standard InChI is InChI=1S/C44H28N2O10/c47-23-9-11-29-37(19-23)55-41-31(39(29)25-5-1-3-7-27(25)43(51)52)13-15-35(49)33(41)21-45-17-18-46-22-34-36(50)16-14-32-40(26-6-2-4-8-28(26)44(53)54)30-12-10-24(48)20-38(30)56-42(32)34/h1-16,19-22,45-46H,17-18H2,(H,51,52)(H,53,54)/b33-21+,34-22+. The molecule has 0 saturated heterocycles. The number of carboxylic acids is 2. The minimum Gasteiger partial charge on any atom is -0.478 e. The quantitative estimate of drug-likeness (QED) is 0.120. The Balaban J connectivity index is 1.17. The number of rotatable bonds is 9. The Kier molecular flexibility index (Phi) is 8.91. The molecule has 2 aromatic heterocycles. The van der Waals surface area contributed by atoms with Crippen LogP contribution in [0.1, 0.15) is 20.7 Å². The fourth-order valence-electron chi connectivity index (χ4n) is 7.00. The summed E-state index contributed by atoms with van der Waals surface area (Å²) in [6.07, 6.45) is 2.95. The zero-order chi connectivity index (χ0) is 39.1. The molecule has 0 bridgehead atoms. The highest BCUT2D eigenvalue weighted by atomic mass is 16.4. The van der Waals surface area contributed by atoms with E-state index in [2.05, 4.69) is 10.6 Å². The van der Waals surface area contributed by atoms with Crippen molar-refractivity contribution >= 4 is 68.2 Å². The van der Waals surface area contributed by atoms with Gasteiger partial charge in [-0.3, -0.25) is 19.2 Å². The van der Waals surface area contributed by atoms with Crippen LogP contribution in [0.3, 0.4) is 0 Å². The van der Waals surface area contributed by atoms with Crippen molar-refractivity contribution in [3.63, 3.8) is 0 Å². The molecule has 4 N–H and O–H groups in total. The second-order valence-corrected chi connectivity index (χ2v) is 12.9. The van der Waals surface area contributed by atoms with Crippen LogP contribution >= 0.6 is 0 Å². The van der Waals surface area contributed by atoms with Crippen molar-refractivity contribution in [1.29, 1.82) is 0 Å². The second kappa shape index (κ2) is 14.2. The summed E-state index contributed by atoms with van der Waals surface area (Å²) in [5.74, 6) is -2.28. The Morgan fingerprint density at radius 2 is 0.911 bits per heavy atom. The third-order valence-electron chi connectivity index (χ3n) is 9.48. The van der Waals surface area contributed by atoms with Gasteiger partial charge in [-0.1, -0.05) is 36.4 Å². The van der Waals surface area contributed by atoms with Crippen LogP contribution in [0.4, 0.5) is 0 Å². The Hall–Kier alpha value is -7.86. The monoisotopic (exact) mass is 744 g/mol. The molecular formula is C44H28N2O10. The molecule has 0 aliphatic carbocycles. The third-order valence-corrected chi connectivity index (χ3v) is 9.48. The highest BCUT2D eigenvalue weighted by Gasteiger charge is 2.21. The summed E-state index contributed by atoms with van der Waals surface area (Å²) in [6, 6.07) is 27.2. The lowest BCUT2D eigenvalue weighted by molar-refractivity contribution is 0.0687. The van der Waals surface area contributed by atoms with Gasteiger partial charge in [-0.25, -0.2) is 9.59 Å². The number of hydrogen-bond acceptors (Lipinski definition) is 10. The molecule has 274 valence electrons. The van der Waals surface area contributed by atoms with Crippen LogP contribution < -0.4 is 42.8 Å². The summed E-state index contributed by atoms with van der Waals surface area (Å²) < 4.78 is 12.3. The first kappa shape index (κ1) is 35.2. The van der Waals surface area contributed by atoms with Crippen LogP contribution in [0, 0.1) is 0 Å². The van der Waals surface area contributed by atoms with Gasteiger partial charge in [-0.15, -0.1) is 0 Å². The van der Waals surface area contributed by atoms with E-state index in [0.717, 1.165) is 0 Å². The minimum atomic E-state index is -1.14. The van der Waals surface area contributed by atoms with E-state index in [4.69, 9.17) is 8.83 Å². The Morgan fingerprint density at radius 1 is 0.518 bits per heavy atom. The number of aromatic carboxylic acids is 2. The number of nitrogens with one attached hydrogen (secondary N) is 2. The molecule has 12 heteroatoms. The summed E-state index contributed by atoms with van der Waals surface area (Å²) in [4.78, 5) is 75.6. The first-order valence-corrected chi connectivity index (χ1v) is 17.3. The van der Waals surface area contributed by atoms with E-state index in [1.54, 1.807) is 60.7 Å². The van der Waals surface area contributed by atoms with Gasteiger partial charge in [0.25, 0.3) is 0 Å². The number of benzene rings is 6. The van der Waals surface area contributed by atoms with Crippen molar-refractivity contribution in [2.24, 2.45) is 0 Å². The molecule has 0 unspecified atom stereocenters. The minimum absolute atomic E-state index is 0.0366. The molecule has 56 heavy (non-hydrogen) atoms. The lowest BCUT2D eigenvalue weighted by atomic mass is 9.93. The number of carbonyl (C=O) groups is 2. The summed E-state index contributed by atoms with van der Waals surface area (Å²) in [7, 11) is 0. The molecule has 0 amide bonds. The molecule has 8 aromatic rings. The highest BCUT2D eigenvalue weighted by Crippen LogP contribution is 2.38. The smallest absolute Gasteiger partial charge is 0.336 e. The zero-order valence-electron chi connectivity index (χ0n) is 29.1. The molecule has 0 spiro atoms. The number of hydrogen-bond donors (Lipinski definition) is 4. The fraction of sp³-hybridized carbons (Fsp3) is 0.0455. The molecular weight excluding hydrogens is 716 g/mol. The first-order valence-electron chi connectivity index (χ1n) is 17.3. The van der Waals surface area contributed by atoms with Crippen molar-refractivity contribution in [2.75, 3.05) is 13.1 Å². The van der Waals surface area contributed by atoms with Crippen LogP contribution in [-0.2, 0) is 0 Å². The van der Waals surface area contributed by atoms with E-state index >= 15 is 0 Å². The van der Waals surface area contributed by atoms with Crippen LogP contribution in [0.2, 0.25) is 0 Å². The predicted octanol–water partition coefficient (Wildman–Crippen LogP) is 4.45. The molecule has 12 nitrogen and oxygen atoms in total. The van der Waals surface area contributed by atoms with Crippen LogP contribution in [-0.4, -0.2) is 35.2 Å². The second-order valence-electron chi connectivity index (χ2n) is 12.9. The lowest BCUT2D eigenvalue weighted by Gasteiger charge is -2.13. The summed E-state index contributed by atoms with van der Waals surface area (Å²) in [5, 5.41) is 28.4. The molecule has 0 atom stereocenters. The van der Waals surface area contributed by atoms with Gasteiger partial charge < -0.3 is 29.7 Å².